The van der Waals surface area contributed by atoms with Gasteiger partial charge >= 0.3 is 5.97 Å². The van der Waals surface area contributed by atoms with Crippen LogP contribution in [0.2, 0.25) is 0 Å². The lowest BCUT2D eigenvalue weighted by Gasteiger charge is -2.07. The van der Waals surface area contributed by atoms with Crippen molar-refractivity contribution in [1.82, 2.24) is 4.98 Å². The quantitative estimate of drug-likeness (QED) is 0.781. The van der Waals surface area contributed by atoms with Crippen LogP contribution >= 0.6 is 0 Å². The molecule has 21 heavy (non-hydrogen) atoms. The van der Waals surface area contributed by atoms with Gasteiger partial charge in [-0.05, 0) is 36.2 Å². The molecule has 0 atom stereocenters. The number of anilines is 1. The van der Waals surface area contributed by atoms with E-state index in [0.29, 0.717) is 12.1 Å². The Hall–Kier alpha value is -2.89. The summed E-state index contributed by atoms with van der Waals surface area (Å²) in [5, 5.41) is 20.9. The van der Waals surface area contributed by atoms with Crippen molar-refractivity contribution in [3.05, 3.63) is 53.9 Å². The summed E-state index contributed by atoms with van der Waals surface area (Å²) in [4.78, 5) is 26.4. The van der Waals surface area contributed by atoms with Crippen LogP contribution in [-0.2, 0) is 11.2 Å². The van der Waals surface area contributed by atoms with Crippen LogP contribution in [0.15, 0.2) is 42.6 Å². The highest BCUT2D eigenvalue weighted by molar-refractivity contribution is 6.04. The SMILES string of the molecule is O=C(O)CCc1cccc(NC(=O)c2ncccc2O)c1. The Kier molecular flexibility index (Phi) is 4.50. The van der Waals surface area contributed by atoms with Crippen molar-refractivity contribution in [3.63, 3.8) is 0 Å². The second-order valence-electron chi connectivity index (χ2n) is 4.42. The number of aromatic hydroxyl groups is 1. The molecule has 0 fully saturated rings. The van der Waals surface area contributed by atoms with Crippen LogP contribution in [0.3, 0.4) is 0 Å². The number of nitrogens with one attached hydrogen (secondary N) is 1. The molecule has 2 rings (SSSR count). The summed E-state index contributed by atoms with van der Waals surface area (Å²) in [6.07, 6.45) is 1.82. The third-order valence-corrected chi connectivity index (χ3v) is 2.81. The average molecular weight is 286 g/mol. The van der Waals surface area contributed by atoms with Crippen molar-refractivity contribution in [1.29, 1.82) is 0 Å². The van der Waals surface area contributed by atoms with E-state index < -0.39 is 11.9 Å². The number of aromatic nitrogens is 1. The van der Waals surface area contributed by atoms with Crippen LogP contribution in [0.25, 0.3) is 0 Å². The molecular formula is C15H14N2O4. The Labute approximate surface area is 121 Å². The molecule has 6 heteroatoms. The molecule has 0 aliphatic carbocycles. The zero-order valence-corrected chi connectivity index (χ0v) is 11.1. The summed E-state index contributed by atoms with van der Waals surface area (Å²) < 4.78 is 0. The first-order valence-electron chi connectivity index (χ1n) is 6.32. The molecule has 0 radical (unpaired) electrons. The molecule has 2 aromatic rings. The summed E-state index contributed by atoms with van der Waals surface area (Å²) in [5.41, 5.74) is 1.27. The van der Waals surface area contributed by atoms with E-state index >= 15 is 0 Å². The molecule has 108 valence electrons. The fraction of sp³-hybridized carbons (Fsp3) is 0.133. The van der Waals surface area contributed by atoms with Gasteiger partial charge in [0.2, 0.25) is 0 Å². The van der Waals surface area contributed by atoms with Gasteiger partial charge in [-0.3, -0.25) is 9.59 Å². The number of carboxylic acid groups (broad SMARTS) is 1. The number of carbonyl (C=O) groups excluding carboxylic acids is 1. The number of amides is 1. The Bertz CT molecular complexity index is 670. The summed E-state index contributed by atoms with van der Waals surface area (Å²) >= 11 is 0. The highest BCUT2D eigenvalue weighted by Gasteiger charge is 2.12. The number of benzene rings is 1. The van der Waals surface area contributed by atoms with Crippen molar-refractivity contribution in [2.75, 3.05) is 5.32 Å². The molecule has 1 aromatic carbocycles. The van der Waals surface area contributed by atoms with Crippen molar-refractivity contribution in [2.24, 2.45) is 0 Å². The lowest BCUT2D eigenvalue weighted by molar-refractivity contribution is -0.136. The number of hydrogen-bond donors (Lipinski definition) is 3. The third-order valence-electron chi connectivity index (χ3n) is 2.81. The van der Waals surface area contributed by atoms with Crippen LogP contribution in [0.1, 0.15) is 22.5 Å². The molecule has 0 unspecified atom stereocenters. The van der Waals surface area contributed by atoms with Crippen LogP contribution < -0.4 is 5.32 Å². The summed E-state index contributed by atoms with van der Waals surface area (Å²) in [6, 6.07) is 9.80. The van der Waals surface area contributed by atoms with Crippen molar-refractivity contribution in [3.8, 4) is 5.75 Å². The molecule has 1 aromatic heterocycles. The smallest absolute Gasteiger partial charge is 0.303 e. The van der Waals surface area contributed by atoms with Gasteiger partial charge in [-0.1, -0.05) is 12.1 Å². The predicted molar refractivity (Wildman–Crippen MR) is 76.3 cm³/mol. The van der Waals surface area contributed by atoms with Gasteiger partial charge in [0.05, 0.1) is 0 Å². The van der Waals surface area contributed by atoms with Gasteiger partial charge in [0.1, 0.15) is 5.75 Å². The molecule has 0 bridgehead atoms. The maximum absolute atomic E-state index is 12.0. The number of nitrogens with zero attached hydrogens (tertiary/aromatic N) is 1. The molecular weight excluding hydrogens is 272 g/mol. The lowest BCUT2D eigenvalue weighted by atomic mass is 10.1. The number of rotatable bonds is 5. The van der Waals surface area contributed by atoms with E-state index in [2.05, 4.69) is 10.3 Å². The largest absolute Gasteiger partial charge is 0.505 e. The van der Waals surface area contributed by atoms with Gasteiger partial charge < -0.3 is 15.5 Å². The molecule has 1 amide bonds. The molecule has 0 saturated carbocycles. The Balaban J connectivity index is 2.09. The number of carbonyl (C=O) groups is 2. The van der Waals surface area contributed by atoms with E-state index in [-0.39, 0.29) is 17.9 Å². The Morgan fingerprint density at radius 1 is 1.19 bits per heavy atom. The first kappa shape index (κ1) is 14.5. The van der Waals surface area contributed by atoms with Crippen LogP contribution in [-0.4, -0.2) is 27.1 Å². The fourth-order valence-electron chi connectivity index (χ4n) is 1.82. The minimum absolute atomic E-state index is 0.0262. The van der Waals surface area contributed by atoms with E-state index in [1.165, 1.54) is 18.3 Å². The van der Waals surface area contributed by atoms with Crippen molar-refractivity contribution >= 4 is 17.6 Å². The second-order valence-corrected chi connectivity index (χ2v) is 4.42. The number of hydrogen-bond acceptors (Lipinski definition) is 4. The van der Waals surface area contributed by atoms with Gasteiger partial charge in [0, 0.05) is 18.3 Å². The molecule has 3 N–H and O–H groups in total. The van der Waals surface area contributed by atoms with Crippen LogP contribution in [0.5, 0.6) is 5.75 Å². The number of aliphatic carboxylic acids is 1. The monoisotopic (exact) mass is 286 g/mol. The minimum atomic E-state index is -0.872. The summed E-state index contributed by atoms with van der Waals surface area (Å²) in [5.74, 6) is -1.59. The fourth-order valence-corrected chi connectivity index (χ4v) is 1.82. The Morgan fingerprint density at radius 3 is 2.71 bits per heavy atom. The van der Waals surface area contributed by atoms with Gasteiger partial charge in [-0.15, -0.1) is 0 Å². The van der Waals surface area contributed by atoms with E-state index in [9.17, 15) is 14.7 Å². The van der Waals surface area contributed by atoms with Gasteiger partial charge in [0.15, 0.2) is 5.69 Å². The molecule has 0 aliphatic rings. The standard InChI is InChI=1S/C15H14N2O4/c18-12-5-2-8-16-14(12)15(21)17-11-4-1-3-10(9-11)6-7-13(19)20/h1-5,8-9,18H,6-7H2,(H,17,21)(H,19,20). The molecule has 1 heterocycles. The minimum Gasteiger partial charge on any atom is -0.505 e. The van der Waals surface area contributed by atoms with E-state index in [1.54, 1.807) is 24.3 Å². The molecule has 6 nitrogen and oxygen atoms in total. The maximum atomic E-state index is 12.0. The summed E-state index contributed by atoms with van der Waals surface area (Å²) in [7, 11) is 0. The molecule has 0 aliphatic heterocycles. The zero-order chi connectivity index (χ0) is 15.2. The Morgan fingerprint density at radius 2 is 2.00 bits per heavy atom. The van der Waals surface area contributed by atoms with Gasteiger partial charge in [0.25, 0.3) is 5.91 Å². The number of carboxylic acids is 1. The van der Waals surface area contributed by atoms with E-state index in [1.807, 2.05) is 0 Å². The third kappa shape index (κ3) is 4.04. The second kappa shape index (κ2) is 6.51. The average Bonchev–Trinajstić information content (AvgIpc) is 2.46. The van der Waals surface area contributed by atoms with Gasteiger partial charge in [-0.2, -0.15) is 0 Å². The normalized spacial score (nSPS) is 10.1. The van der Waals surface area contributed by atoms with Crippen molar-refractivity contribution in [2.45, 2.75) is 12.8 Å². The van der Waals surface area contributed by atoms with E-state index in [4.69, 9.17) is 5.11 Å². The predicted octanol–water partition coefficient (Wildman–Crippen LogP) is 2.06. The molecule has 0 saturated heterocycles. The topological polar surface area (TPSA) is 99.5 Å². The number of pyridine rings is 1. The zero-order valence-electron chi connectivity index (χ0n) is 11.1. The number of aryl methyl sites for hydroxylation is 1. The van der Waals surface area contributed by atoms with Gasteiger partial charge in [-0.25, -0.2) is 4.98 Å². The highest BCUT2D eigenvalue weighted by atomic mass is 16.4. The van der Waals surface area contributed by atoms with Crippen LogP contribution in [0.4, 0.5) is 5.69 Å². The summed E-state index contributed by atoms with van der Waals surface area (Å²) in [6.45, 7) is 0. The highest BCUT2D eigenvalue weighted by Crippen LogP contribution is 2.17. The maximum Gasteiger partial charge on any atom is 0.303 e. The lowest BCUT2D eigenvalue weighted by Crippen LogP contribution is -2.13. The first-order valence-corrected chi connectivity index (χ1v) is 6.32. The van der Waals surface area contributed by atoms with E-state index in [0.717, 1.165) is 5.56 Å². The molecule has 0 spiro atoms. The van der Waals surface area contributed by atoms with Crippen LogP contribution in [0, 0.1) is 0 Å². The first-order chi connectivity index (χ1) is 10.1. The van der Waals surface area contributed by atoms with Crippen molar-refractivity contribution < 1.29 is 19.8 Å².